The highest BCUT2D eigenvalue weighted by Gasteiger charge is 2.25. The third-order valence-electron chi connectivity index (χ3n) is 3.40. The summed E-state index contributed by atoms with van der Waals surface area (Å²) >= 11 is 0. The average Bonchev–Trinajstić information content (AvgIpc) is 2.56. The molecule has 122 valence electrons. The number of hydrogen-bond donors (Lipinski definition) is 2. The predicted molar refractivity (Wildman–Crippen MR) is 77.5 cm³/mol. The topological polar surface area (TPSA) is 110 Å². The Labute approximate surface area is 132 Å². The summed E-state index contributed by atoms with van der Waals surface area (Å²) in [5, 5.41) is 18.9. The SMILES string of the molecule is C=C1OC(=O)c2ccc(c(C(O)CCCCC(=O)O)c2)C(=O)O1. The number of carbonyl (C=O) groups is 3. The van der Waals surface area contributed by atoms with Crippen LogP contribution in [-0.2, 0) is 14.3 Å². The highest BCUT2D eigenvalue weighted by molar-refractivity contribution is 5.96. The molecule has 0 aliphatic carbocycles. The van der Waals surface area contributed by atoms with Gasteiger partial charge in [0.05, 0.1) is 17.2 Å². The molecule has 1 atom stereocenters. The van der Waals surface area contributed by atoms with Crippen molar-refractivity contribution in [2.75, 3.05) is 0 Å². The number of ether oxygens (including phenoxy) is 2. The molecule has 0 saturated heterocycles. The summed E-state index contributed by atoms with van der Waals surface area (Å²) in [5.41, 5.74) is 0.515. The van der Waals surface area contributed by atoms with Gasteiger partial charge in [-0.3, -0.25) is 4.79 Å². The van der Waals surface area contributed by atoms with Crippen molar-refractivity contribution in [2.45, 2.75) is 31.8 Å². The Hall–Kier alpha value is -2.67. The van der Waals surface area contributed by atoms with Crippen molar-refractivity contribution < 1.29 is 34.1 Å². The monoisotopic (exact) mass is 320 g/mol. The number of hydrogen-bond acceptors (Lipinski definition) is 6. The summed E-state index contributed by atoms with van der Waals surface area (Å²) in [4.78, 5) is 34.3. The van der Waals surface area contributed by atoms with E-state index >= 15 is 0 Å². The van der Waals surface area contributed by atoms with E-state index in [2.05, 4.69) is 6.58 Å². The van der Waals surface area contributed by atoms with E-state index in [1.807, 2.05) is 0 Å². The molecule has 2 aliphatic heterocycles. The fourth-order valence-corrected chi connectivity index (χ4v) is 2.26. The first-order chi connectivity index (χ1) is 10.9. The molecule has 0 saturated carbocycles. The molecule has 2 aliphatic rings. The van der Waals surface area contributed by atoms with Crippen molar-refractivity contribution in [1.82, 2.24) is 0 Å². The van der Waals surface area contributed by atoms with Crippen LogP contribution in [0.1, 0.15) is 58.1 Å². The van der Waals surface area contributed by atoms with E-state index in [-0.39, 0.29) is 29.5 Å². The molecule has 2 heterocycles. The molecule has 0 radical (unpaired) electrons. The summed E-state index contributed by atoms with van der Waals surface area (Å²) < 4.78 is 9.56. The molecule has 1 aromatic rings. The smallest absolute Gasteiger partial charge is 0.346 e. The Balaban J connectivity index is 2.20. The number of aliphatic hydroxyl groups excluding tert-OH is 1. The van der Waals surface area contributed by atoms with E-state index in [0.29, 0.717) is 12.8 Å². The second kappa shape index (κ2) is 7.06. The minimum Gasteiger partial charge on any atom is -0.481 e. The molecule has 2 N–H and O–H groups in total. The van der Waals surface area contributed by atoms with Crippen molar-refractivity contribution in [1.29, 1.82) is 0 Å². The summed E-state index contributed by atoms with van der Waals surface area (Å²) in [7, 11) is 0. The van der Waals surface area contributed by atoms with Crippen LogP contribution < -0.4 is 0 Å². The molecule has 0 spiro atoms. The maximum Gasteiger partial charge on any atom is 0.346 e. The maximum atomic E-state index is 12.0. The number of carboxylic acids is 1. The summed E-state index contributed by atoms with van der Waals surface area (Å²) in [6.07, 6.45) is 0.111. The van der Waals surface area contributed by atoms with Gasteiger partial charge in [0.1, 0.15) is 0 Å². The summed E-state index contributed by atoms with van der Waals surface area (Å²) in [6, 6.07) is 4.16. The minimum absolute atomic E-state index is 0.00775. The van der Waals surface area contributed by atoms with E-state index in [1.54, 1.807) is 0 Å². The van der Waals surface area contributed by atoms with Crippen LogP contribution in [0.3, 0.4) is 0 Å². The van der Waals surface area contributed by atoms with E-state index in [1.165, 1.54) is 18.2 Å². The predicted octanol–water partition coefficient (Wildman–Crippen LogP) is 2.16. The molecule has 0 fully saturated rings. The Kier molecular flexibility index (Phi) is 5.13. The van der Waals surface area contributed by atoms with E-state index in [0.717, 1.165) is 0 Å². The van der Waals surface area contributed by atoms with Crippen LogP contribution in [0.15, 0.2) is 30.7 Å². The fraction of sp³-hybridized carbons (Fsp3) is 0.312. The van der Waals surface area contributed by atoms with Gasteiger partial charge in [0, 0.05) is 6.42 Å². The van der Waals surface area contributed by atoms with Crippen LogP contribution >= 0.6 is 0 Å². The number of fused-ring (bicyclic) bond motifs is 6. The van der Waals surface area contributed by atoms with Crippen LogP contribution in [0.4, 0.5) is 0 Å². The van der Waals surface area contributed by atoms with Crippen molar-refractivity contribution in [3.05, 3.63) is 47.4 Å². The van der Waals surface area contributed by atoms with E-state index in [4.69, 9.17) is 14.6 Å². The standard InChI is InChI=1S/C16H16O7/c1-9-22-15(20)10-6-7-11(16(21)23-9)12(8-10)13(17)4-2-3-5-14(18)19/h6-8,13,17H,1-5H2,(H,18,19). The quantitative estimate of drug-likeness (QED) is 0.610. The molecule has 7 heteroatoms. The first-order valence-corrected chi connectivity index (χ1v) is 7.05. The zero-order chi connectivity index (χ0) is 17.0. The van der Waals surface area contributed by atoms with Gasteiger partial charge in [-0.05, 0) is 49.6 Å². The number of rotatable bonds is 6. The Bertz CT molecular complexity index is 662. The number of esters is 2. The number of aliphatic carboxylic acids is 1. The Morgan fingerprint density at radius 2 is 1.87 bits per heavy atom. The molecule has 3 rings (SSSR count). The van der Waals surface area contributed by atoms with Crippen LogP contribution in [-0.4, -0.2) is 28.1 Å². The molecule has 0 aromatic heterocycles. The summed E-state index contributed by atoms with van der Waals surface area (Å²) in [5.74, 6) is -2.85. The largest absolute Gasteiger partial charge is 0.481 e. The number of unbranched alkanes of at least 4 members (excludes halogenated alkanes) is 1. The van der Waals surface area contributed by atoms with Gasteiger partial charge in [0.2, 0.25) is 0 Å². The average molecular weight is 320 g/mol. The molecule has 7 nitrogen and oxygen atoms in total. The zero-order valence-corrected chi connectivity index (χ0v) is 12.3. The second-order valence-electron chi connectivity index (χ2n) is 5.11. The third-order valence-corrected chi connectivity index (χ3v) is 3.40. The molecule has 2 bridgehead atoms. The van der Waals surface area contributed by atoms with Crippen LogP contribution in [0.25, 0.3) is 0 Å². The van der Waals surface area contributed by atoms with Crippen LogP contribution in [0, 0.1) is 0 Å². The maximum absolute atomic E-state index is 12.0. The third kappa shape index (κ3) is 4.17. The van der Waals surface area contributed by atoms with E-state index < -0.39 is 30.0 Å². The lowest BCUT2D eigenvalue weighted by molar-refractivity contribution is -0.137. The van der Waals surface area contributed by atoms with Gasteiger partial charge in [-0.2, -0.15) is 0 Å². The first-order valence-electron chi connectivity index (χ1n) is 7.05. The molecule has 23 heavy (non-hydrogen) atoms. The van der Waals surface area contributed by atoms with Gasteiger partial charge in [0.15, 0.2) is 0 Å². The van der Waals surface area contributed by atoms with E-state index in [9.17, 15) is 19.5 Å². The molecule has 1 aromatic carbocycles. The fourth-order valence-electron chi connectivity index (χ4n) is 2.26. The number of benzene rings is 1. The van der Waals surface area contributed by atoms with Crippen molar-refractivity contribution in [2.24, 2.45) is 0 Å². The lowest BCUT2D eigenvalue weighted by Gasteiger charge is -2.14. The Morgan fingerprint density at radius 1 is 1.17 bits per heavy atom. The highest BCUT2D eigenvalue weighted by atomic mass is 16.7. The zero-order valence-electron chi connectivity index (χ0n) is 12.3. The molecule has 0 amide bonds. The summed E-state index contributed by atoms with van der Waals surface area (Å²) in [6.45, 7) is 3.32. The van der Waals surface area contributed by atoms with Crippen LogP contribution in [0.2, 0.25) is 0 Å². The van der Waals surface area contributed by atoms with Gasteiger partial charge in [-0.25, -0.2) is 9.59 Å². The van der Waals surface area contributed by atoms with Crippen molar-refractivity contribution >= 4 is 17.9 Å². The Morgan fingerprint density at radius 3 is 2.57 bits per heavy atom. The lowest BCUT2D eigenvalue weighted by Crippen LogP contribution is -2.10. The van der Waals surface area contributed by atoms with Crippen LogP contribution in [0.5, 0.6) is 0 Å². The lowest BCUT2D eigenvalue weighted by atomic mass is 9.96. The number of aliphatic hydroxyl groups is 1. The van der Waals surface area contributed by atoms with Gasteiger partial charge < -0.3 is 19.7 Å². The van der Waals surface area contributed by atoms with Gasteiger partial charge >= 0.3 is 17.9 Å². The highest BCUT2D eigenvalue weighted by Crippen LogP contribution is 2.27. The molecular formula is C16H16O7. The first kappa shape index (κ1) is 16.7. The number of carbonyl (C=O) groups excluding carboxylic acids is 2. The van der Waals surface area contributed by atoms with Gasteiger partial charge in [0.25, 0.3) is 5.95 Å². The number of carboxylic acid groups (broad SMARTS) is 1. The second-order valence-corrected chi connectivity index (χ2v) is 5.11. The molecular weight excluding hydrogens is 304 g/mol. The normalized spacial score (nSPS) is 15.3. The van der Waals surface area contributed by atoms with Crippen molar-refractivity contribution in [3.63, 3.8) is 0 Å². The minimum atomic E-state index is -1.02. The van der Waals surface area contributed by atoms with Gasteiger partial charge in [-0.15, -0.1) is 0 Å². The molecule has 1 unspecified atom stereocenters. The van der Waals surface area contributed by atoms with Gasteiger partial charge in [-0.1, -0.05) is 0 Å². The van der Waals surface area contributed by atoms with Crippen molar-refractivity contribution in [3.8, 4) is 0 Å².